The molecule has 0 N–H and O–H groups in total. The van der Waals surface area contributed by atoms with Gasteiger partial charge < -0.3 is 0 Å². The summed E-state index contributed by atoms with van der Waals surface area (Å²) in [6, 6.07) is 0. The van der Waals surface area contributed by atoms with Crippen LogP contribution >= 0.6 is 22.6 Å². The molecule has 0 aliphatic rings. The quantitative estimate of drug-likeness (QED) is 0.274. The maximum atomic E-state index is 2.53. The zero-order chi connectivity index (χ0) is 10.6. The molecule has 0 amide bonds. The van der Waals surface area contributed by atoms with Gasteiger partial charge in [-0.25, -0.2) is 0 Å². The van der Waals surface area contributed by atoms with Crippen molar-refractivity contribution in [2.24, 2.45) is 0 Å². The van der Waals surface area contributed by atoms with Gasteiger partial charge in [0.2, 0.25) is 0 Å². The zero-order valence-electron chi connectivity index (χ0n) is 10.0. The van der Waals surface area contributed by atoms with Crippen LogP contribution in [0.3, 0.4) is 0 Å². The van der Waals surface area contributed by atoms with Crippen molar-refractivity contribution < 1.29 is 0 Å². The van der Waals surface area contributed by atoms with E-state index in [1.54, 1.807) is 0 Å². The number of hydrogen-bond acceptors (Lipinski definition) is 0. The molecule has 0 heterocycles. The summed E-state index contributed by atoms with van der Waals surface area (Å²) in [7, 11) is 0. The van der Waals surface area contributed by atoms with E-state index in [1.807, 2.05) is 0 Å². The van der Waals surface area contributed by atoms with Gasteiger partial charge in [-0.2, -0.15) is 0 Å². The average molecular weight is 310 g/mol. The normalized spacial score (nSPS) is 13.1. The Morgan fingerprint density at radius 1 is 0.786 bits per heavy atom. The highest BCUT2D eigenvalue weighted by atomic mass is 127. The first-order chi connectivity index (χ1) is 6.77. The molecule has 1 heteroatoms. The van der Waals surface area contributed by atoms with Gasteiger partial charge in [0.05, 0.1) is 0 Å². The molecule has 1 unspecified atom stereocenters. The molecule has 0 saturated heterocycles. The third kappa shape index (κ3) is 12.7. The highest BCUT2D eigenvalue weighted by Gasteiger charge is 1.95. The van der Waals surface area contributed by atoms with Crippen LogP contribution in [0.1, 0.15) is 78.1 Å². The molecule has 14 heavy (non-hydrogen) atoms. The van der Waals surface area contributed by atoms with Crippen LogP contribution in [-0.4, -0.2) is 3.92 Å². The molecular weight excluding hydrogens is 283 g/mol. The summed E-state index contributed by atoms with van der Waals surface area (Å²) in [6.07, 6.45) is 14.5. The summed E-state index contributed by atoms with van der Waals surface area (Å²) in [6.45, 7) is 4.59. The smallest absolute Gasteiger partial charge is 0.00813 e. The number of unbranched alkanes of at least 4 members (excludes halogenated alkanes) is 8. The van der Waals surface area contributed by atoms with E-state index in [-0.39, 0.29) is 0 Å². The highest BCUT2D eigenvalue weighted by molar-refractivity contribution is 14.1. The van der Waals surface area contributed by atoms with Gasteiger partial charge in [-0.05, 0) is 6.42 Å². The third-order valence-electron chi connectivity index (χ3n) is 2.71. The monoisotopic (exact) mass is 310 g/mol. The highest BCUT2D eigenvalue weighted by Crippen LogP contribution is 2.13. The molecule has 86 valence electrons. The van der Waals surface area contributed by atoms with Crippen molar-refractivity contribution >= 4 is 22.6 Å². The van der Waals surface area contributed by atoms with Crippen LogP contribution in [-0.2, 0) is 0 Å². The SMILES string of the molecule is CCCCCCCCCCCC(C)I. The molecule has 0 fully saturated rings. The fraction of sp³-hybridized carbons (Fsp3) is 1.00. The van der Waals surface area contributed by atoms with Crippen molar-refractivity contribution in [1.29, 1.82) is 0 Å². The van der Waals surface area contributed by atoms with Gasteiger partial charge in [0.25, 0.3) is 0 Å². The molecule has 1 atom stereocenters. The van der Waals surface area contributed by atoms with Crippen LogP contribution in [0.4, 0.5) is 0 Å². The van der Waals surface area contributed by atoms with Crippen molar-refractivity contribution in [3.63, 3.8) is 0 Å². The molecule has 0 aromatic heterocycles. The van der Waals surface area contributed by atoms with E-state index in [0.717, 1.165) is 3.92 Å². The Kier molecular flexibility index (Phi) is 12.4. The molecule has 0 spiro atoms. The minimum atomic E-state index is 0.872. The second-order valence-electron chi connectivity index (χ2n) is 4.40. The van der Waals surface area contributed by atoms with Gasteiger partial charge in [0, 0.05) is 3.92 Å². The van der Waals surface area contributed by atoms with E-state index >= 15 is 0 Å². The van der Waals surface area contributed by atoms with Crippen LogP contribution in [0.5, 0.6) is 0 Å². The van der Waals surface area contributed by atoms with Crippen molar-refractivity contribution in [2.45, 2.75) is 82.0 Å². The predicted molar refractivity (Wildman–Crippen MR) is 75.3 cm³/mol. The van der Waals surface area contributed by atoms with E-state index in [9.17, 15) is 0 Å². The number of rotatable bonds is 10. The maximum Gasteiger partial charge on any atom is 0.00813 e. The van der Waals surface area contributed by atoms with E-state index in [1.165, 1.54) is 64.2 Å². The van der Waals surface area contributed by atoms with E-state index in [0.29, 0.717) is 0 Å². The topological polar surface area (TPSA) is 0 Å². The van der Waals surface area contributed by atoms with Gasteiger partial charge in [0.15, 0.2) is 0 Å². The van der Waals surface area contributed by atoms with Crippen molar-refractivity contribution in [2.75, 3.05) is 0 Å². The second kappa shape index (κ2) is 11.8. The Morgan fingerprint density at radius 3 is 1.64 bits per heavy atom. The summed E-state index contributed by atoms with van der Waals surface area (Å²) < 4.78 is 0.872. The molecular formula is C13H27I. The summed E-state index contributed by atoms with van der Waals surface area (Å²) in [5.74, 6) is 0. The minimum Gasteiger partial charge on any atom is -0.0829 e. The lowest BCUT2D eigenvalue weighted by molar-refractivity contribution is 0.557. The Balaban J connectivity index is 2.85. The van der Waals surface area contributed by atoms with Crippen LogP contribution in [0.25, 0.3) is 0 Å². The first-order valence-electron chi connectivity index (χ1n) is 6.41. The predicted octanol–water partition coefficient (Wildman–Crippen LogP) is 5.73. The Bertz CT molecular complexity index is 99.4. The van der Waals surface area contributed by atoms with Crippen LogP contribution < -0.4 is 0 Å². The van der Waals surface area contributed by atoms with Gasteiger partial charge in [-0.1, -0.05) is 94.2 Å². The lowest BCUT2D eigenvalue weighted by Gasteiger charge is -2.03. The minimum absolute atomic E-state index is 0.872. The number of hydrogen-bond donors (Lipinski definition) is 0. The average Bonchev–Trinajstić information content (AvgIpc) is 2.15. The van der Waals surface area contributed by atoms with Gasteiger partial charge >= 0.3 is 0 Å². The molecule has 0 aromatic carbocycles. The molecule has 0 bridgehead atoms. The summed E-state index contributed by atoms with van der Waals surface area (Å²) in [5.41, 5.74) is 0. The van der Waals surface area contributed by atoms with Crippen LogP contribution in [0.2, 0.25) is 0 Å². The summed E-state index contributed by atoms with van der Waals surface area (Å²) in [5, 5.41) is 0. The Hall–Kier alpha value is 0.730. The van der Waals surface area contributed by atoms with Crippen LogP contribution in [0.15, 0.2) is 0 Å². The number of alkyl halides is 1. The summed E-state index contributed by atoms with van der Waals surface area (Å²) in [4.78, 5) is 0. The molecule has 0 aromatic rings. The molecule has 0 saturated carbocycles. The largest absolute Gasteiger partial charge is 0.0829 e. The fourth-order valence-electron chi connectivity index (χ4n) is 1.74. The lowest BCUT2D eigenvalue weighted by Crippen LogP contribution is -1.89. The number of halogens is 1. The zero-order valence-corrected chi connectivity index (χ0v) is 12.2. The van der Waals surface area contributed by atoms with E-state index < -0.39 is 0 Å². The van der Waals surface area contributed by atoms with E-state index in [2.05, 4.69) is 36.4 Å². The first-order valence-corrected chi connectivity index (χ1v) is 7.66. The molecule has 0 nitrogen and oxygen atoms in total. The maximum absolute atomic E-state index is 2.53. The molecule has 0 aliphatic carbocycles. The first kappa shape index (κ1) is 14.7. The van der Waals surface area contributed by atoms with Crippen molar-refractivity contribution in [3.05, 3.63) is 0 Å². The molecule has 0 radical (unpaired) electrons. The second-order valence-corrected chi connectivity index (χ2v) is 6.52. The van der Waals surface area contributed by atoms with E-state index in [4.69, 9.17) is 0 Å². The van der Waals surface area contributed by atoms with Crippen molar-refractivity contribution in [1.82, 2.24) is 0 Å². The Morgan fingerprint density at radius 2 is 1.21 bits per heavy atom. The summed E-state index contributed by atoms with van der Waals surface area (Å²) >= 11 is 2.53. The standard InChI is InChI=1S/C13H27I/c1-3-4-5-6-7-8-9-10-11-12-13(2)14/h13H,3-12H2,1-2H3. The van der Waals surface area contributed by atoms with Crippen LogP contribution in [0, 0.1) is 0 Å². The molecule has 0 aliphatic heterocycles. The van der Waals surface area contributed by atoms with Gasteiger partial charge in [-0.15, -0.1) is 0 Å². The van der Waals surface area contributed by atoms with Gasteiger partial charge in [0.1, 0.15) is 0 Å². The third-order valence-corrected chi connectivity index (χ3v) is 3.33. The molecule has 0 rings (SSSR count). The lowest BCUT2D eigenvalue weighted by atomic mass is 10.1. The van der Waals surface area contributed by atoms with Gasteiger partial charge in [-0.3, -0.25) is 0 Å². The Labute approximate surface area is 104 Å². The fourth-order valence-corrected chi connectivity index (χ4v) is 2.18. The van der Waals surface area contributed by atoms with Crippen molar-refractivity contribution in [3.8, 4) is 0 Å².